The van der Waals surface area contributed by atoms with Gasteiger partial charge >= 0.3 is 5.97 Å². The summed E-state index contributed by atoms with van der Waals surface area (Å²) >= 11 is 0. The number of H-pyrrole nitrogens is 1. The molecular weight excluding hydrogens is 206 g/mol. The maximum atomic E-state index is 11.2. The van der Waals surface area contributed by atoms with E-state index in [4.69, 9.17) is 5.11 Å². The average Bonchev–Trinajstić information content (AvgIpc) is 2.60. The van der Waals surface area contributed by atoms with Crippen LogP contribution in [0.25, 0.3) is 10.9 Å². The Bertz CT molecular complexity index is 554. The first-order valence-electron chi connectivity index (χ1n) is 4.97. The number of aliphatic carboxylic acids is 1. The van der Waals surface area contributed by atoms with Crippen LogP contribution >= 0.6 is 0 Å². The number of phenols is 1. The lowest BCUT2D eigenvalue weighted by Crippen LogP contribution is -2.28. The van der Waals surface area contributed by atoms with Crippen molar-refractivity contribution in [2.45, 2.75) is 19.3 Å². The van der Waals surface area contributed by atoms with Crippen molar-refractivity contribution in [3.05, 3.63) is 30.0 Å². The molecule has 0 saturated heterocycles. The van der Waals surface area contributed by atoms with Gasteiger partial charge in [-0.3, -0.25) is 4.79 Å². The number of carboxylic acids is 1. The summed E-state index contributed by atoms with van der Waals surface area (Å²) in [6.07, 6.45) is 1.68. The van der Waals surface area contributed by atoms with Gasteiger partial charge < -0.3 is 15.2 Å². The van der Waals surface area contributed by atoms with Gasteiger partial charge in [-0.25, -0.2) is 0 Å². The number of aromatic nitrogens is 1. The second-order valence-corrected chi connectivity index (χ2v) is 4.36. The summed E-state index contributed by atoms with van der Waals surface area (Å²) in [4.78, 5) is 14.1. The van der Waals surface area contributed by atoms with Gasteiger partial charge in [-0.15, -0.1) is 0 Å². The number of carboxylic acid groups (broad SMARTS) is 1. The number of hydrogen-bond acceptors (Lipinski definition) is 2. The van der Waals surface area contributed by atoms with Gasteiger partial charge in [0.25, 0.3) is 0 Å². The standard InChI is InChI=1S/C12H13NO3/c1-12(2,11(15)16)9-6-13-10-5-7(14)3-4-8(9)10/h3-6,13-14H,1-2H3,(H,15,16). The van der Waals surface area contributed by atoms with Crippen molar-refractivity contribution < 1.29 is 15.0 Å². The van der Waals surface area contributed by atoms with Gasteiger partial charge in [-0.05, 0) is 31.5 Å². The molecule has 3 N–H and O–H groups in total. The highest BCUT2D eigenvalue weighted by atomic mass is 16.4. The Labute approximate surface area is 92.5 Å². The van der Waals surface area contributed by atoms with Crippen molar-refractivity contribution in [3.8, 4) is 5.75 Å². The number of carbonyl (C=O) groups is 1. The quantitative estimate of drug-likeness (QED) is 0.725. The maximum Gasteiger partial charge on any atom is 0.313 e. The molecule has 1 aromatic carbocycles. The molecule has 84 valence electrons. The van der Waals surface area contributed by atoms with Gasteiger partial charge in [0.05, 0.1) is 5.41 Å². The van der Waals surface area contributed by atoms with Crippen molar-refractivity contribution in [3.63, 3.8) is 0 Å². The molecule has 1 aromatic heterocycles. The fourth-order valence-corrected chi connectivity index (χ4v) is 1.75. The van der Waals surface area contributed by atoms with E-state index in [1.165, 1.54) is 0 Å². The van der Waals surface area contributed by atoms with Crippen LogP contribution in [0.3, 0.4) is 0 Å². The number of rotatable bonds is 2. The predicted octanol–water partition coefficient (Wildman–Crippen LogP) is 2.24. The lowest BCUT2D eigenvalue weighted by atomic mass is 9.85. The van der Waals surface area contributed by atoms with Crippen molar-refractivity contribution in [1.82, 2.24) is 4.98 Å². The van der Waals surface area contributed by atoms with Crippen molar-refractivity contribution in [2.24, 2.45) is 0 Å². The Morgan fingerprint density at radius 3 is 2.69 bits per heavy atom. The van der Waals surface area contributed by atoms with Crippen LogP contribution in [-0.4, -0.2) is 21.2 Å². The van der Waals surface area contributed by atoms with Gasteiger partial charge in [-0.2, -0.15) is 0 Å². The molecule has 0 aliphatic rings. The van der Waals surface area contributed by atoms with Gasteiger partial charge in [0.2, 0.25) is 0 Å². The first-order valence-corrected chi connectivity index (χ1v) is 4.97. The maximum absolute atomic E-state index is 11.2. The number of benzene rings is 1. The van der Waals surface area contributed by atoms with Crippen LogP contribution in [0.1, 0.15) is 19.4 Å². The minimum absolute atomic E-state index is 0.161. The molecule has 0 amide bonds. The van der Waals surface area contributed by atoms with Crippen LogP contribution in [0, 0.1) is 0 Å². The molecule has 0 radical (unpaired) electrons. The molecule has 0 atom stereocenters. The first kappa shape index (κ1) is 10.5. The number of aromatic amines is 1. The summed E-state index contributed by atoms with van der Waals surface area (Å²) in [6, 6.07) is 4.86. The van der Waals surface area contributed by atoms with E-state index in [0.29, 0.717) is 0 Å². The van der Waals surface area contributed by atoms with E-state index in [0.717, 1.165) is 16.5 Å². The molecule has 0 spiro atoms. The summed E-state index contributed by atoms with van der Waals surface area (Å²) < 4.78 is 0. The summed E-state index contributed by atoms with van der Waals surface area (Å²) in [5.74, 6) is -0.712. The zero-order valence-corrected chi connectivity index (χ0v) is 9.11. The van der Waals surface area contributed by atoms with Crippen LogP contribution in [-0.2, 0) is 10.2 Å². The minimum Gasteiger partial charge on any atom is -0.508 e. The van der Waals surface area contributed by atoms with E-state index >= 15 is 0 Å². The highest BCUT2D eigenvalue weighted by molar-refractivity contribution is 5.92. The average molecular weight is 219 g/mol. The third-order valence-corrected chi connectivity index (χ3v) is 2.87. The molecule has 0 aliphatic carbocycles. The normalized spacial score (nSPS) is 11.9. The molecule has 0 fully saturated rings. The fourth-order valence-electron chi connectivity index (χ4n) is 1.75. The number of nitrogens with one attached hydrogen (secondary N) is 1. The third kappa shape index (κ3) is 1.43. The Kier molecular flexibility index (Phi) is 2.15. The molecule has 4 nitrogen and oxygen atoms in total. The van der Waals surface area contributed by atoms with Gasteiger partial charge in [-0.1, -0.05) is 0 Å². The Hall–Kier alpha value is -1.97. The number of phenolic OH excluding ortho intramolecular Hbond substituents is 1. The predicted molar refractivity (Wildman–Crippen MR) is 60.6 cm³/mol. The van der Waals surface area contributed by atoms with E-state index in [1.54, 1.807) is 38.2 Å². The third-order valence-electron chi connectivity index (χ3n) is 2.87. The largest absolute Gasteiger partial charge is 0.508 e. The lowest BCUT2D eigenvalue weighted by Gasteiger charge is -2.18. The molecule has 0 bridgehead atoms. The molecule has 0 saturated carbocycles. The van der Waals surface area contributed by atoms with Crippen LogP contribution in [0.4, 0.5) is 0 Å². The fraction of sp³-hybridized carbons (Fsp3) is 0.250. The van der Waals surface area contributed by atoms with Crippen LogP contribution in [0.15, 0.2) is 24.4 Å². The Balaban J connectivity index is 2.67. The van der Waals surface area contributed by atoms with E-state index < -0.39 is 11.4 Å². The zero-order valence-electron chi connectivity index (χ0n) is 9.11. The van der Waals surface area contributed by atoms with E-state index in [-0.39, 0.29) is 5.75 Å². The molecule has 2 rings (SSSR count). The summed E-state index contributed by atoms with van der Waals surface area (Å²) in [5, 5.41) is 19.3. The molecule has 2 aromatic rings. The van der Waals surface area contributed by atoms with E-state index in [2.05, 4.69) is 4.98 Å². The summed E-state index contributed by atoms with van der Waals surface area (Å²) in [7, 11) is 0. The number of fused-ring (bicyclic) bond motifs is 1. The molecular formula is C12H13NO3. The van der Waals surface area contributed by atoms with Crippen molar-refractivity contribution >= 4 is 16.9 Å². The zero-order chi connectivity index (χ0) is 11.9. The van der Waals surface area contributed by atoms with Crippen molar-refractivity contribution in [2.75, 3.05) is 0 Å². The van der Waals surface area contributed by atoms with Crippen LogP contribution < -0.4 is 0 Å². The molecule has 16 heavy (non-hydrogen) atoms. The number of aromatic hydroxyl groups is 1. The lowest BCUT2D eigenvalue weighted by molar-refractivity contribution is -0.142. The van der Waals surface area contributed by atoms with Crippen LogP contribution in [0.2, 0.25) is 0 Å². The van der Waals surface area contributed by atoms with Gasteiger partial charge in [0.1, 0.15) is 5.75 Å². The SMILES string of the molecule is CC(C)(C(=O)O)c1c[nH]c2cc(O)ccc12. The van der Waals surface area contributed by atoms with Crippen molar-refractivity contribution in [1.29, 1.82) is 0 Å². The highest BCUT2D eigenvalue weighted by Gasteiger charge is 2.31. The second-order valence-electron chi connectivity index (χ2n) is 4.36. The molecule has 1 heterocycles. The molecule has 0 unspecified atom stereocenters. The Morgan fingerprint density at radius 1 is 1.38 bits per heavy atom. The Morgan fingerprint density at radius 2 is 2.06 bits per heavy atom. The van der Waals surface area contributed by atoms with Gasteiger partial charge in [0, 0.05) is 23.2 Å². The summed E-state index contributed by atoms with van der Waals surface area (Å²) in [6.45, 7) is 3.32. The molecule has 0 aliphatic heterocycles. The van der Waals surface area contributed by atoms with Crippen LogP contribution in [0.5, 0.6) is 5.75 Å². The minimum atomic E-state index is -0.949. The number of hydrogen-bond donors (Lipinski definition) is 3. The summed E-state index contributed by atoms with van der Waals surface area (Å²) in [5.41, 5.74) is 0.509. The molecule has 4 heteroatoms. The monoisotopic (exact) mass is 219 g/mol. The first-order chi connectivity index (χ1) is 7.43. The highest BCUT2D eigenvalue weighted by Crippen LogP contribution is 2.31. The van der Waals surface area contributed by atoms with Gasteiger partial charge in [0.15, 0.2) is 0 Å². The smallest absolute Gasteiger partial charge is 0.313 e. The van der Waals surface area contributed by atoms with E-state index in [1.807, 2.05) is 0 Å². The topological polar surface area (TPSA) is 73.3 Å². The second kappa shape index (κ2) is 3.27. The van der Waals surface area contributed by atoms with E-state index in [9.17, 15) is 9.90 Å².